The Morgan fingerprint density at radius 1 is 1.47 bits per heavy atom. The van der Waals surface area contributed by atoms with E-state index in [0.29, 0.717) is 11.6 Å². The number of nitriles is 1. The molecule has 0 bridgehead atoms. The van der Waals surface area contributed by atoms with Crippen molar-refractivity contribution in [3.63, 3.8) is 0 Å². The van der Waals surface area contributed by atoms with Crippen molar-refractivity contribution in [2.75, 3.05) is 32.1 Å². The zero-order chi connectivity index (χ0) is 12.4. The predicted molar refractivity (Wildman–Crippen MR) is 68.0 cm³/mol. The van der Waals surface area contributed by atoms with E-state index in [1.54, 1.807) is 0 Å². The fraction of sp³-hybridized carbons (Fsp3) is 0.538. The van der Waals surface area contributed by atoms with Gasteiger partial charge in [0.05, 0.1) is 11.6 Å². The monoisotopic (exact) mass is 230 g/mol. The minimum Gasteiger partial charge on any atom is -0.355 e. The van der Waals surface area contributed by atoms with E-state index in [9.17, 15) is 0 Å². The molecular weight excluding hydrogens is 212 g/mol. The molecule has 2 heterocycles. The summed E-state index contributed by atoms with van der Waals surface area (Å²) in [5, 5.41) is 8.96. The molecule has 90 valence electrons. The summed E-state index contributed by atoms with van der Waals surface area (Å²) < 4.78 is 0. The van der Waals surface area contributed by atoms with Crippen LogP contribution in [-0.4, -0.2) is 43.1 Å². The van der Waals surface area contributed by atoms with Crippen molar-refractivity contribution >= 4 is 5.82 Å². The van der Waals surface area contributed by atoms with Crippen LogP contribution in [0.2, 0.25) is 0 Å². The Balaban J connectivity index is 2.19. The van der Waals surface area contributed by atoms with Gasteiger partial charge in [-0.15, -0.1) is 0 Å². The molecule has 1 saturated heterocycles. The lowest BCUT2D eigenvalue weighted by atomic mass is 10.2. The minimum absolute atomic E-state index is 0.586. The Morgan fingerprint density at radius 3 is 2.82 bits per heavy atom. The van der Waals surface area contributed by atoms with Gasteiger partial charge in [0, 0.05) is 24.8 Å². The van der Waals surface area contributed by atoms with Gasteiger partial charge in [0.1, 0.15) is 5.82 Å². The number of hydrogen-bond donors (Lipinski definition) is 0. The van der Waals surface area contributed by atoms with Gasteiger partial charge in [-0.2, -0.15) is 5.26 Å². The van der Waals surface area contributed by atoms with Gasteiger partial charge in [-0.1, -0.05) is 0 Å². The maximum Gasteiger partial charge on any atom is 0.130 e. The molecule has 0 spiro atoms. The van der Waals surface area contributed by atoms with Gasteiger partial charge in [-0.3, -0.25) is 0 Å². The molecule has 0 aliphatic carbocycles. The van der Waals surface area contributed by atoms with Gasteiger partial charge >= 0.3 is 0 Å². The molecule has 1 unspecified atom stereocenters. The van der Waals surface area contributed by atoms with E-state index in [1.165, 1.54) is 0 Å². The molecule has 1 atom stereocenters. The van der Waals surface area contributed by atoms with Gasteiger partial charge in [-0.25, -0.2) is 4.98 Å². The predicted octanol–water partition coefficient (Wildman–Crippen LogP) is 1.40. The number of nitrogens with zero attached hydrogens (tertiary/aromatic N) is 4. The average molecular weight is 230 g/mol. The molecule has 2 rings (SSSR count). The number of hydrogen-bond acceptors (Lipinski definition) is 4. The van der Waals surface area contributed by atoms with Crippen LogP contribution in [0.1, 0.15) is 17.7 Å². The van der Waals surface area contributed by atoms with E-state index >= 15 is 0 Å². The molecular formula is C13H18N4. The second-order valence-electron chi connectivity index (χ2n) is 4.82. The summed E-state index contributed by atoms with van der Waals surface area (Å²) in [6, 6.07) is 6.48. The van der Waals surface area contributed by atoms with Crippen LogP contribution < -0.4 is 4.90 Å². The van der Waals surface area contributed by atoms with Crippen LogP contribution in [-0.2, 0) is 0 Å². The average Bonchev–Trinajstić information content (AvgIpc) is 2.77. The summed E-state index contributed by atoms with van der Waals surface area (Å²) in [5.74, 6) is 0.936. The van der Waals surface area contributed by atoms with Crippen LogP contribution in [0, 0.1) is 18.3 Å². The molecule has 0 aromatic carbocycles. The number of rotatable bonds is 2. The summed E-state index contributed by atoms with van der Waals surface area (Å²) in [5.41, 5.74) is 1.60. The highest BCUT2D eigenvalue weighted by molar-refractivity contribution is 5.47. The van der Waals surface area contributed by atoms with Crippen LogP contribution in [0.15, 0.2) is 12.1 Å². The number of aryl methyl sites for hydroxylation is 1. The maximum atomic E-state index is 8.96. The van der Waals surface area contributed by atoms with Crippen LogP contribution in [0.3, 0.4) is 0 Å². The third-order valence-corrected chi connectivity index (χ3v) is 3.29. The summed E-state index contributed by atoms with van der Waals surface area (Å²) in [4.78, 5) is 9.03. The molecule has 0 saturated carbocycles. The van der Waals surface area contributed by atoms with Crippen LogP contribution >= 0.6 is 0 Å². The highest BCUT2D eigenvalue weighted by Crippen LogP contribution is 2.21. The standard InChI is InChI=1S/C13H18N4/c1-10-6-11(8-14)7-13(15-10)17-5-4-12(9-17)16(2)3/h6-7,12H,4-5,9H2,1-3H3. The SMILES string of the molecule is Cc1cc(C#N)cc(N2CCC(N(C)C)C2)n1. The summed E-state index contributed by atoms with van der Waals surface area (Å²) in [6.45, 7) is 3.95. The Kier molecular flexibility index (Phi) is 3.30. The molecule has 1 aliphatic heterocycles. The molecule has 1 fully saturated rings. The summed E-state index contributed by atoms with van der Waals surface area (Å²) in [6.07, 6.45) is 1.16. The topological polar surface area (TPSA) is 43.2 Å². The first-order valence-corrected chi connectivity index (χ1v) is 5.90. The van der Waals surface area contributed by atoms with Crippen LogP contribution in [0.5, 0.6) is 0 Å². The van der Waals surface area contributed by atoms with Crippen molar-refractivity contribution in [1.82, 2.24) is 9.88 Å². The van der Waals surface area contributed by atoms with Crippen molar-refractivity contribution in [2.24, 2.45) is 0 Å². The number of pyridine rings is 1. The molecule has 1 aromatic heterocycles. The quantitative estimate of drug-likeness (QED) is 0.770. The van der Waals surface area contributed by atoms with Gasteiger partial charge in [-0.05, 0) is 39.6 Å². The maximum absolute atomic E-state index is 8.96. The molecule has 0 radical (unpaired) electrons. The Labute approximate surface area is 102 Å². The fourth-order valence-electron chi connectivity index (χ4n) is 2.25. The van der Waals surface area contributed by atoms with Gasteiger partial charge in [0.2, 0.25) is 0 Å². The lowest BCUT2D eigenvalue weighted by Gasteiger charge is -2.21. The highest BCUT2D eigenvalue weighted by Gasteiger charge is 2.25. The van der Waals surface area contributed by atoms with Gasteiger partial charge in [0.25, 0.3) is 0 Å². The first-order chi connectivity index (χ1) is 8.10. The van der Waals surface area contributed by atoms with Gasteiger partial charge < -0.3 is 9.80 Å². The highest BCUT2D eigenvalue weighted by atomic mass is 15.3. The van der Waals surface area contributed by atoms with Crippen molar-refractivity contribution in [2.45, 2.75) is 19.4 Å². The fourth-order valence-corrected chi connectivity index (χ4v) is 2.25. The number of anilines is 1. The Hall–Kier alpha value is -1.60. The largest absolute Gasteiger partial charge is 0.355 e. The normalized spacial score (nSPS) is 19.7. The third kappa shape index (κ3) is 2.56. The van der Waals surface area contributed by atoms with E-state index in [-0.39, 0.29) is 0 Å². The van der Waals surface area contributed by atoms with E-state index in [2.05, 4.69) is 34.9 Å². The molecule has 0 amide bonds. The van der Waals surface area contributed by atoms with Crippen LogP contribution in [0.25, 0.3) is 0 Å². The second-order valence-corrected chi connectivity index (χ2v) is 4.82. The van der Waals surface area contributed by atoms with Gasteiger partial charge in [0.15, 0.2) is 0 Å². The molecule has 1 aliphatic rings. The molecule has 1 aromatic rings. The zero-order valence-electron chi connectivity index (χ0n) is 10.6. The molecule has 4 nitrogen and oxygen atoms in total. The number of likely N-dealkylation sites (N-methyl/N-ethyl adjacent to an activating group) is 1. The van der Waals surface area contributed by atoms with E-state index in [1.807, 2.05) is 19.1 Å². The van der Waals surface area contributed by atoms with E-state index < -0.39 is 0 Å². The Morgan fingerprint density at radius 2 is 2.24 bits per heavy atom. The minimum atomic E-state index is 0.586. The lowest BCUT2D eigenvalue weighted by molar-refractivity contribution is 0.315. The first kappa shape index (κ1) is 11.9. The molecule has 17 heavy (non-hydrogen) atoms. The van der Waals surface area contributed by atoms with Crippen LogP contribution in [0.4, 0.5) is 5.82 Å². The molecule has 0 N–H and O–H groups in total. The van der Waals surface area contributed by atoms with Crippen molar-refractivity contribution < 1.29 is 0 Å². The lowest BCUT2D eigenvalue weighted by Crippen LogP contribution is -2.31. The zero-order valence-corrected chi connectivity index (χ0v) is 10.6. The number of aromatic nitrogens is 1. The van der Waals surface area contributed by atoms with E-state index in [4.69, 9.17) is 5.26 Å². The van der Waals surface area contributed by atoms with Crippen molar-refractivity contribution in [3.8, 4) is 6.07 Å². The third-order valence-electron chi connectivity index (χ3n) is 3.29. The summed E-state index contributed by atoms with van der Waals surface area (Å²) >= 11 is 0. The van der Waals surface area contributed by atoms with Crippen molar-refractivity contribution in [3.05, 3.63) is 23.4 Å². The smallest absolute Gasteiger partial charge is 0.130 e. The Bertz CT molecular complexity index is 447. The summed E-state index contributed by atoms with van der Waals surface area (Å²) in [7, 11) is 4.22. The second kappa shape index (κ2) is 4.72. The molecule has 4 heteroatoms. The van der Waals surface area contributed by atoms with Crippen molar-refractivity contribution in [1.29, 1.82) is 5.26 Å². The first-order valence-electron chi connectivity index (χ1n) is 5.90. The van der Waals surface area contributed by atoms with E-state index in [0.717, 1.165) is 31.0 Å².